The van der Waals surface area contributed by atoms with E-state index in [1.54, 1.807) is 0 Å². The maximum atomic E-state index is 5.46. The van der Waals surface area contributed by atoms with Gasteiger partial charge in [-0.15, -0.1) is 0 Å². The Balaban J connectivity index is 2.50. The molecule has 0 aliphatic rings. The summed E-state index contributed by atoms with van der Waals surface area (Å²) in [5.74, 6) is 2.19. The average molecular weight is 154 g/mol. The molecule has 4 nitrogen and oxygen atoms in total. The van der Waals surface area contributed by atoms with Crippen molar-refractivity contribution in [1.82, 2.24) is 15.2 Å². The number of rotatable bonds is 3. The van der Waals surface area contributed by atoms with Gasteiger partial charge >= 0.3 is 0 Å². The van der Waals surface area contributed by atoms with Gasteiger partial charge in [-0.1, -0.05) is 6.92 Å². The molecule has 0 aliphatic carbocycles. The van der Waals surface area contributed by atoms with Crippen molar-refractivity contribution in [1.29, 1.82) is 0 Å². The van der Waals surface area contributed by atoms with Crippen molar-refractivity contribution in [3.8, 4) is 0 Å². The van der Waals surface area contributed by atoms with Crippen molar-refractivity contribution in [2.75, 3.05) is 6.54 Å². The molecule has 1 atom stereocenters. The molecule has 0 fully saturated rings. The Kier molecular flexibility index (Phi) is 2.59. The normalized spacial score (nSPS) is 13.4. The third kappa shape index (κ3) is 2.31. The van der Waals surface area contributed by atoms with E-state index in [9.17, 15) is 0 Å². The summed E-state index contributed by atoms with van der Waals surface area (Å²) in [6, 6.07) is 0. The summed E-state index contributed by atoms with van der Waals surface area (Å²) in [6.07, 6.45) is 0.862. The highest BCUT2D eigenvalue weighted by Crippen LogP contribution is 2.01. The summed E-state index contributed by atoms with van der Waals surface area (Å²) in [6.45, 7) is 4.67. The lowest BCUT2D eigenvalue weighted by Crippen LogP contribution is -2.13. The molecule has 1 rings (SSSR count). The van der Waals surface area contributed by atoms with Gasteiger partial charge in [0.05, 0.1) is 0 Å². The fourth-order valence-corrected chi connectivity index (χ4v) is 0.875. The highest BCUT2D eigenvalue weighted by atomic mass is 15.2. The molecule has 0 radical (unpaired) electrons. The van der Waals surface area contributed by atoms with E-state index in [2.05, 4.69) is 22.1 Å². The molecule has 0 bridgehead atoms. The monoisotopic (exact) mass is 154 g/mol. The highest BCUT2D eigenvalue weighted by Gasteiger charge is 2.04. The van der Waals surface area contributed by atoms with Crippen LogP contribution in [0.1, 0.15) is 18.6 Å². The van der Waals surface area contributed by atoms with Crippen LogP contribution < -0.4 is 5.73 Å². The summed E-state index contributed by atoms with van der Waals surface area (Å²) >= 11 is 0. The van der Waals surface area contributed by atoms with Gasteiger partial charge < -0.3 is 5.73 Å². The van der Waals surface area contributed by atoms with Crippen molar-refractivity contribution in [2.45, 2.75) is 20.3 Å². The molecule has 62 valence electrons. The Hall–Kier alpha value is -0.900. The standard InChI is InChI=1S/C7H14N4/c1-5(4-8)3-7-9-6(2)10-11-7/h5H,3-4,8H2,1-2H3,(H,9,10,11). The summed E-state index contributed by atoms with van der Waals surface area (Å²) in [5, 5.41) is 6.81. The van der Waals surface area contributed by atoms with Crippen LogP contribution in [-0.2, 0) is 6.42 Å². The lowest BCUT2D eigenvalue weighted by atomic mass is 10.1. The van der Waals surface area contributed by atoms with Gasteiger partial charge in [0.25, 0.3) is 0 Å². The lowest BCUT2D eigenvalue weighted by molar-refractivity contribution is 0.575. The molecule has 0 saturated heterocycles. The number of aryl methyl sites for hydroxylation is 1. The molecule has 0 aromatic carbocycles. The van der Waals surface area contributed by atoms with Crippen LogP contribution in [0.2, 0.25) is 0 Å². The quantitative estimate of drug-likeness (QED) is 0.655. The van der Waals surface area contributed by atoms with Crippen molar-refractivity contribution < 1.29 is 0 Å². The second kappa shape index (κ2) is 3.48. The van der Waals surface area contributed by atoms with E-state index in [-0.39, 0.29) is 0 Å². The van der Waals surface area contributed by atoms with Gasteiger partial charge in [0.1, 0.15) is 5.82 Å². The first kappa shape index (κ1) is 8.20. The predicted molar refractivity (Wildman–Crippen MR) is 43.0 cm³/mol. The zero-order valence-electron chi connectivity index (χ0n) is 6.96. The van der Waals surface area contributed by atoms with Gasteiger partial charge in [-0.2, -0.15) is 5.10 Å². The Morgan fingerprint density at radius 1 is 1.64 bits per heavy atom. The number of aromatic amines is 1. The summed E-state index contributed by atoms with van der Waals surface area (Å²) < 4.78 is 0. The zero-order valence-corrected chi connectivity index (χ0v) is 6.96. The SMILES string of the molecule is Cc1nc(CC(C)CN)n[nH]1. The number of aromatic nitrogens is 3. The molecule has 4 heteroatoms. The van der Waals surface area contributed by atoms with E-state index in [0.717, 1.165) is 18.1 Å². The topological polar surface area (TPSA) is 67.6 Å². The van der Waals surface area contributed by atoms with E-state index < -0.39 is 0 Å². The molecule has 1 aromatic rings. The lowest BCUT2D eigenvalue weighted by Gasteiger charge is -2.02. The predicted octanol–water partition coefficient (Wildman–Crippen LogP) is 0.250. The third-order valence-corrected chi connectivity index (χ3v) is 1.58. The maximum Gasteiger partial charge on any atom is 0.151 e. The Morgan fingerprint density at radius 2 is 2.36 bits per heavy atom. The molecule has 1 unspecified atom stereocenters. The number of nitrogens with two attached hydrogens (primary N) is 1. The van der Waals surface area contributed by atoms with Crippen LogP contribution in [0.3, 0.4) is 0 Å². The Bertz CT molecular complexity index is 218. The molecular formula is C7H14N4. The molecule has 1 heterocycles. The number of nitrogens with one attached hydrogen (secondary N) is 1. The van der Waals surface area contributed by atoms with Gasteiger partial charge in [-0.05, 0) is 19.4 Å². The second-order valence-corrected chi connectivity index (χ2v) is 2.88. The van der Waals surface area contributed by atoms with Gasteiger partial charge in [0, 0.05) is 6.42 Å². The molecule has 1 aromatic heterocycles. The molecule has 0 spiro atoms. The summed E-state index contributed by atoms with van der Waals surface area (Å²) in [5.41, 5.74) is 5.46. The molecule has 11 heavy (non-hydrogen) atoms. The molecular weight excluding hydrogens is 140 g/mol. The number of nitrogens with zero attached hydrogens (tertiary/aromatic N) is 2. The molecule has 3 N–H and O–H groups in total. The van der Waals surface area contributed by atoms with Crippen LogP contribution >= 0.6 is 0 Å². The first-order chi connectivity index (χ1) is 5.22. The van der Waals surface area contributed by atoms with Crippen molar-refractivity contribution in [3.63, 3.8) is 0 Å². The van der Waals surface area contributed by atoms with Gasteiger partial charge in [-0.25, -0.2) is 4.98 Å². The van der Waals surface area contributed by atoms with Gasteiger partial charge in [-0.3, -0.25) is 5.10 Å². The molecule has 0 saturated carbocycles. The van der Waals surface area contributed by atoms with Crippen LogP contribution in [0.25, 0.3) is 0 Å². The van der Waals surface area contributed by atoms with Gasteiger partial charge in [0.2, 0.25) is 0 Å². The maximum absolute atomic E-state index is 5.46. The summed E-state index contributed by atoms with van der Waals surface area (Å²) in [4.78, 5) is 4.18. The highest BCUT2D eigenvalue weighted by molar-refractivity contribution is 4.88. The minimum Gasteiger partial charge on any atom is -0.330 e. The van der Waals surface area contributed by atoms with Crippen LogP contribution in [0.5, 0.6) is 0 Å². The summed E-state index contributed by atoms with van der Waals surface area (Å²) in [7, 11) is 0. The van der Waals surface area contributed by atoms with Crippen molar-refractivity contribution >= 4 is 0 Å². The van der Waals surface area contributed by atoms with Crippen LogP contribution in [0, 0.1) is 12.8 Å². The number of hydrogen-bond acceptors (Lipinski definition) is 3. The first-order valence-corrected chi connectivity index (χ1v) is 3.80. The minimum atomic E-state index is 0.463. The van der Waals surface area contributed by atoms with Crippen molar-refractivity contribution in [3.05, 3.63) is 11.6 Å². The first-order valence-electron chi connectivity index (χ1n) is 3.80. The van der Waals surface area contributed by atoms with E-state index in [4.69, 9.17) is 5.73 Å². The molecule has 0 aliphatic heterocycles. The average Bonchev–Trinajstić information content (AvgIpc) is 2.35. The Morgan fingerprint density at radius 3 is 2.82 bits per heavy atom. The largest absolute Gasteiger partial charge is 0.330 e. The number of hydrogen-bond donors (Lipinski definition) is 2. The smallest absolute Gasteiger partial charge is 0.151 e. The minimum absolute atomic E-state index is 0.463. The zero-order chi connectivity index (χ0) is 8.27. The van der Waals surface area contributed by atoms with E-state index in [1.165, 1.54) is 0 Å². The van der Waals surface area contributed by atoms with Crippen LogP contribution in [0.15, 0.2) is 0 Å². The van der Waals surface area contributed by atoms with Crippen molar-refractivity contribution in [2.24, 2.45) is 11.7 Å². The van der Waals surface area contributed by atoms with Crippen LogP contribution in [0.4, 0.5) is 0 Å². The van der Waals surface area contributed by atoms with E-state index >= 15 is 0 Å². The molecule has 0 amide bonds. The fraction of sp³-hybridized carbons (Fsp3) is 0.714. The van der Waals surface area contributed by atoms with E-state index in [0.29, 0.717) is 12.5 Å². The van der Waals surface area contributed by atoms with Crippen LogP contribution in [-0.4, -0.2) is 21.7 Å². The Labute approximate surface area is 66.2 Å². The van der Waals surface area contributed by atoms with E-state index in [1.807, 2.05) is 6.92 Å². The van der Waals surface area contributed by atoms with Gasteiger partial charge in [0.15, 0.2) is 5.82 Å². The fourth-order valence-electron chi connectivity index (χ4n) is 0.875. The second-order valence-electron chi connectivity index (χ2n) is 2.88. The third-order valence-electron chi connectivity index (χ3n) is 1.58. The number of H-pyrrole nitrogens is 1.